The largest absolute Gasteiger partial charge is 0.481 e. The number of benzene rings is 1. The van der Waals surface area contributed by atoms with E-state index in [1.54, 1.807) is 32.0 Å². The highest BCUT2D eigenvalue weighted by Gasteiger charge is 2.26. The molecule has 0 saturated heterocycles. The van der Waals surface area contributed by atoms with E-state index in [0.29, 0.717) is 17.1 Å². The minimum atomic E-state index is -1.19. The summed E-state index contributed by atoms with van der Waals surface area (Å²) in [6.45, 7) is 3.34. The van der Waals surface area contributed by atoms with Gasteiger partial charge in [-0.05, 0) is 57.7 Å². The first kappa shape index (κ1) is 22.0. The third-order valence-corrected chi connectivity index (χ3v) is 6.04. The molecule has 0 spiro atoms. The molecule has 2 aromatic heterocycles. The summed E-state index contributed by atoms with van der Waals surface area (Å²) in [5, 5.41) is 19.2. The van der Waals surface area contributed by atoms with E-state index in [-0.39, 0.29) is 17.7 Å². The lowest BCUT2D eigenvalue weighted by Gasteiger charge is -2.25. The Hall–Kier alpha value is -3.26. The first-order valence-corrected chi connectivity index (χ1v) is 10.8. The van der Waals surface area contributed by atoms with E-state index in [1.165, 1.54) is 7.11 Å². The van der Waals surface area contributed by atoms with Gasteiger partial charge in [-0.25, -0.2) is 4.98 Å². The molecule has 3 aromatic rings. The number of hydrogen-bond acceptors (Lipinski definition) is 6. The molecule has 1 aromatic carbocycles. The van der Waals surface area contributed by atoms with Gasteiger partial charge in [-0.15, -0.1) is 0 Å². The zero-order valence-electron chi connectivity index (χ0n) is 18.5. The molecule has 2 N–H and O–H groups in total. The Labute approximate surface area is 186 Å². The number of carbonyl (C=O) groups excluding carboxylic acids is 2. The molecule has 1 amide bonds. The fraction of sp³-hybridized carbons (Fsp3) is 0.417. The summed E-state index contributed by atoms with van der Waals surface area (Å²) in [5.41, 5.74) is 0.843. The zero-order chi connectivity index (χ0) is 22.9. The molecule has 0 atom stereocenters. The quantitative estimate of drug-likeness (QED) is 0.569. The molecular weight excluding hydrogens is 408 g/mol. The number of nitrogens with zero attached hydrogens (tertiary/aromatic N) is 3. The third kappa shape index (κ3) is 4.50. The standard InChI is InChI=1S/C24H28N4O4/c1-24(2,31)18-12-20-16(13-28(27-20)17-9-7-15(14-29)8-10-17)11-21(18)26-23(30)19-5-4-6-22(25-19)32-3/h4-6,11-15,17,31H,7-10H2,1-3H3,(H,26,30). The highest BCUT2D eigenvalue weighted by molar-refractivity contribution is 6.04. The summed E-state index contributed by atoms with van der Waals surface area (Å²) in [7, 11) is 1.49. The predicted molar refractivity (Wildman–Crippen MR) is 121 cm³/mol. The van der Waals surface area contributed by atoms with Gasteiger partial charge in [0.05, 0.1) is 24.3 Å². The first-order valence-electron chi connectivity index (χ1n) is 10.8. The molecule has 1 aliphatic rings. The van der Waals surface area contributed by atoms with Gasteiger partial charge in [-0.3, -0.25) is 9.48 Å². The van der Waals surface area contributed by atoms with Crippen molar-refractivity contribution in [3.8, 4) is 5.88 Å². The maximum Gasteiger partial charge on any atom is 0.274 e. The molecule has 0 aliphatic heterocycles. The maximum atomic E-state index is 12.8. The van der Waals surface area contributed by atoms with Crippen molar-refractivity contribution in [2.75, 3.05) is 12.4 Å². The van der Waals surface area contributed by atoms with Gasteiger partial charge in [-0.2, -0.15) is 5.10 Å². The molecule has 168 valence electrons. The minimum absolute atomic E-state index is 0.144. The summed E-state index contributed by atoms with van der Waals surface area (Å²) in [6, 6.07) is 8.86. The Bertz CT molecular complexity index is 1140. The van der Waals surface area contributed by atoms with E-state index in [0.717, 1.165) is 42.9 Å². The second-order valence-electron chi connectivity index (χ2n) is 8.85. The van der Waals surface area contributed by atoms with Crippen LogP contribution in [0.2, 0.25) is 0 Å². The van der Waals surface area contributed by atoms with Crippen LogP contribution in [0.15, 0.2) is 36.5 Å². The highest BCUT2D eigenvalue weighted by atomic mass is 16.5. The number of pyridine rings is 1. The average Bonchev–Trinajstić information content (AvgIpc) is 3.21. The first-order chi connectivity index (χ1) is 15.3. The second kappa shape index (κ2) is 8.70. The molecule has 1 aliphatic carbocycles. The number of aliphatic hydroxyl groups is 1. The minimum Gasteiger partial charge on any atom is -0.481 e. The normalized spacial score (nSPS) is 19.0. The number of methoxy groups -OCH3 is 1. The van der Waals surface area contributed by atoms with Crippen LogP contribution in [0, 0.1) is 5.92 Å². The summed E-state index contributed by atoms with van der Waals surface area (Å²) >= 11 is 0. The average molecular weight is 437 g/mol. The van der Waals surface area contributed by atoms with Gasteiger partial charge in [0.2, 0.25) is 5.88 Å². The number of nitrogens with one attached hydrogen (secondary N) is 1. The van der Waals surface area contributed by atoms with Gasteiger partial charge in [0, 0.05) is 34.8 Å². The Morgan fingerprint density at radius 3 is 2.66 bits per heavy atom. The fourth-order valence-electron chi connectivity index (χ4n) is 4.23. The van der Waals surface area contributed by atoms with Gasteiger partial charge in [-0.1, -0.05) is 6.07 Å². The number of amides is 1. The number of aldehydes is 1. The van der Waals surface area contributed by atoms with Crippen LogP contribution in [0.3, 0.4) is 0 Å². The van der Waals surface area contributed by atoms with Crippen molar-refractivity contribution in [2.24, 2.45) is 5.92 Å². The van der Waals surface area contributed by atoms with Crippen molar-refractivity contribution < 1.29 is 19.4 Å². The number of fused-ring (bicyclic) bond motifs is 1. The molecule has 0 radical (unpaired) electrons. The number of carbonyl (C=O) groups is 2. The molecule has 4 rings (SSSR count). The number of rotatable bonds is 6. The van der Waals surface area contributed by atoms with Crippen LogP contribution < -0.4 is 10.1 Å². The highest BCUT2D eigenvalue weighted by Crippen LogP contribution is 2.35. The zero-order valence-corrected chi connectivity index (χ0v) is 18.5. The smallest absolute Gasteiger partial charge is 0.274 e. The van der Waals surface area contributed by atoms with E-state index >= 15 is 0 Å². The molecule has 0 bridgehead atoms. The Morgan fingerprint density at radius 2 is 2.00 bits per heavy atom. The molecule has 8 nitrogen and oxygen atoms in total. The van der Waals surface area contributed by atoms with E-state index in [9.17, 15) is 14.7 Å². The van der Waals surface area contributed by atoms with Crippen LogP contribution in [0.1, 0.15) is 61.6 Å². The second-order valence-corrected chi connectivity index (χ2v) is 8.85. The molecule has 1 fully saturated rings. The lowest BCUT2D eigenvalue weighted by molar-refractivity contribution is -0.112. The van der Waals surface area contributed by atoms with Crippen LogP contribution in [0.5, 0.6) is 5.88 Å². The summed E-state index contributed by atoms with van der Waals surface area (Å²) in [4.78, 5) is 28.1. The number of ether oxygens (including phenoxy) is 1. The van der Waals surface area contributed by atoms with Gasteiger partial charge in [0.25, 0.3) is 5.91 Å². The van der Waals surface area contributed by atoms with Crippen LogP contribution in [-0.2, 0) is 10.4 Å². The van der Waals surface area contributed by atoms with Crippen molar-refractivity contribution in [3.05, 3.63) is 47.8 Å². The molecule has 0 unspecified atom stereocenters. The SMILES string of the molecule is COc1cccc(C(=O)Nc2cc3cn(C4CCC(C=O)CC4)nc3cc2C(C)(C)O)n1. The number of hydrogen-bond donors (Lipinski definition) is 2. The fourth-order valence-corrected chi connectivity index (χ4v) is 4.23. The van der Waals surface area contributed by atoms with Crippen LogP contribution in [-0.4, -0.2) is 39.2 Å². The summed E-state index contributed by atoms with van der Waals surface area (Å²) in [6.07, 6.45) is 6.57. The molecule has 2 heterocycles. The van der Waals surface area contributed by atoms with E-state index < -0.39 is 11.5 Å². The van der Waals surface area contributed by atoms with Gasteiger partial charge < -0.3 is 20.0 Å². The van der Waals surface area contributed by atoms with Crippen LogP contribution in [0.4, 0.5) is 5.69 Å². The Kier molecular flexibility index (Phi) is 5.97. The number of aromatic nitrogens is 3. The van der Waals surface area contributed by atoms with Gasteiger partial charge in [0.15, 0.2) is 0 Å². The topological polar surface area (TPSA) is 106 Å². The van der Waals surface area contributed by atoms with E-state index in [1.807, 2.05) is 23.0 Å². The van der Waals surface area contributed by atoms with Crippen molar-refractivity contribution in [1.82, 2.24) is 14.8 Å². The molecule has 1 saturated carbocycles. The van der Waals surface area contributed by atoms with Crippen molar-refractivity contribution >= 4 is 28.8 Å². The van der Waals surface area contributed by atoms with Crippen LogP contribution >= 0.6 is 0 Å². The Morgan fingerprint density at radius 1 is 1.25 bits per heavy atom. The lowest BCUT2D eigenvalue weighted by Crippen LogP contribution is -2.21. The van der Waals surface area contributed by atoms with Crippen LogP contribution in [0.25, 0.3) is 10.9 Å². The van der Waals surface area contributed by atoms with Crippen molar-refractivity contribution in [1.29, 1.82) is 0 Å². The lowest BCUT2D eigenvalue weighted by atomic mass is 9.87. The van der Waals surface area contributed by atoms with Crippen molar-refractivity contribution in [2.45, 2.75) is 51.2 Å². The monoisotopic (exact) mass is 436 g/mol. The van der Waals surface area contributed by atoms with E-state index in [2.05, 4.69) is 10.3 Å². The summed E-state index contributed by atoms with van der Waals surface area (Å²) < 4.78 is 7.06. The van der Waals surface area contributed by atoms with E-state index in [4.69, 9.17) is 9.84 Å². The van der Waals surface area contributed by atoms with Gasteiger partial charge in [0.1, 0.15) is 12.0 Å². The van der Waals surface area contributed by atoms with Gasteiger partial charge >= 0.3 is 0 Å². The molecule has 8 heteroatoms. The van der Waals surface area contributed by atoms with Crippen molar-refractivity contribution in [3.63, 3.8) is 0 Å². The number of anilines is 1. The Balaban J connectivity index is 1.66. The summed E-state index contributed by atoms with van der Waals surface area (Å²) in [5.74, 6) is 0.0970. The molecule has 32 heavy (non-hydrogen) atoms. The third-order valence-electron chi connectivity index (χ3n) is 6.04. The molecular formula is C24H28N4O4. The maximum absolute atomic E-state index is 12.8. The predicted octanol–water partition coefficient (Wildman–Crippen LogP) is 3.85.